The van der Waals surface area contributed by atoms with Crippen LogP contribution in [0.25, 0.3) is 0 Å². The fourth-order valence-corrected chi connectivity index (χ4v) is 4.75. The minimum atomic E-state index is -0.684. The molecule has 0 bridgehead atoms. The second-order valence-electron chi connectivity index (χ2n) is 9.63. The molecule has 2 aliphatic heterocycles. The van der Waals surface area contributed by atoms with E-state index in [2.05, 4.69) is 32.5 Å². The summed E-state index contributed by atoms with van der Waals surface area (Å²) in [4.78, 5) is 49.2. The lowest BCUT2D eigenvalue weighted by atomic mass is 10.1. The molecule has 2 aliphatic rings. The van der Waals surface area contributed by atoms with E-state index in [1.165, 1.54) is 4.90 Å². The summed E-state index contributed by atoms with van der Waals surface area (Å²) in [5.41, 5.74) is 3.08. The van der Waals surface area contributed by atoms with Gasteiger partial charge in [0, 0.05) is 43.3 Å². The van der Waals surface area contributed by atoms with E-state index in [-0.39, 0.29) is 24.3 Å². The zero-order chi connectivity index (χ0) is 26.8. The Labute approximate surface area is 226 Å². The van der Waals surface area contributed by atoms with Crippen LogP contribution in [0, 0.1) is 0 Å². The van der Waals surface area contributed by atoms with Gasteiger partial charge in [-0.25, -0.2) is 4.98 Å². The second-order valence-corrected chi connectivity index (χ2v) is 10.1. The number of likely N-dealkylation sites (N-methyl/N-ethyl adjacent to an activating group) is 1. The molecule has 10 heteroatoms. The third kappa shape index (κ3) is 5.49. The first-order valence-corrected chi connectivity index (χ1v) is 12.9. The molecule has 0 radical (unpaired) electrons. The van der Waals surface area contributed by atoms with Gasteiger partial charge in [0.2, 0.25) is 5.91 Å². The van der Waals surface area contributed by atoms with Gasteiger partial charge in [0.1, 0.15) is 11.9 Å². The number of carbonyl (C=O) groups excluding carboxylic acids is 3. The molecule has 1 atom stereocenters. The number of halogens is 1. The zero-order valence-corrected chi connectivity index (χ0v) is 22.0. The van der Waals surface area contributed by atoms with Gasteiger partial charge in [-0.15, -0.1) is 0 Å². The number of aromatic nitrogens is 1. The molecule has 1 fully saturated rings. The third-order valence-electron chi connectivity index (χ3n) is 7.00. The van der Waals surface area contributed by atoms with Crippen LogP contribution >= 0.6 is 11.6 Å². The number of hydrogen-bond acceptors (Lipinski definition) is 6. The largest absolute Gasteiger partial charge is 0.368 e. The van der Waals surface area contributed by atoms with Crippen molar-refractivity contribution in [1.29, 1.82) is 0 Å². The van der Waals surface area contributed by atoms with Crippen LogP contribution in [0.1, 0.15) is 33.2 Å². The van der Waals surface area contributed by atoms with Crippen LogP contribution in [-0.4, -0.2) is 71.8 Å². The van der Waals surface area contributed by atoms with Crippen molar-refractivity contribution in [3.63, 3.8) is 0 Å². The lowest BCUT2D eigenvalue weighted by molar-refractivity contribution is -0.120. The summed E-state index contributed by atoms with van der Waals surface area (Å²) in [6.45, 7) is 5.81. The fraction of sp³-hybridized carbons (Fsp3) is 0.286. The number of benzene rings is 2. The lowest BCUT2D eigenvalue weighted by Crippen LogP contribution is -2.44. The van der Waals surface area contributed by atoms with E-state index >= 15 is 0 Å². The van der Waals surface area contributed by atoms with Crippen molar-refractivity contribution < 1.29 is 14.4 Å². The highest BCUT2D eigenvalue weighted by Gasteiger charge is 2.32. The Balaban J connectivity index is 1.24. The van der Waals surface area contributed by atoms with Gasteiger partial charge in [-0.2, -0.15) is 0 Å². The maximum Gasteiger partial charge on any atom is 0.256 e. The smallest absolute Gasteiger partial charge is 0.256 e. The maximum absolute atomic E-state index is 13.2. The molecule has 1 aromatic heterocycles. The zero-order valence-electron chi connectivity index (χ0n) is 21.3. The van der Waals surface area contributed by atoms with Crippen LogP contribution in [-0.2, 0) is 11.3 Å². The lowest BCUT2D eigenvalue weighted by Gasteiger charge is -2.33. The van der Waals surface area contributed by atoms with Gasteiger partial charge in [0.05, 0.1) is 23.1 Å². The van der Waals surface area contributed by atoms with Crippen LogP contribution in [0.5, 0.6) is 0 Å². The molecule has 1 saturated heterocycles. The van der Waals surface area contributed by atoms with Crippen molar-refractivity contribution in [2.24, 2.45) is 0 Å². The molecule has 2 aromatic carbocycles. The Morgan fingerprint density at radius 3 is 2.47 bits per heavy atom. The van der Waals surface area contributed by atoms with Gasteiger partial charge < -0.3 is 25.3 Å². The van der Waals surface area contributed by atoms with E-state index in [1.54, 1.807) is 55.6 Å². The number of hydrogen-bond donors (Lipinski definition) is 2. The molecule has 9 nitrogen and oxygen atoms in total. The first-order chi connectivity index (χ1) is 18.3. The Kier molecular flexibility index (Phi) is 7.31. The quantitative estimate of drug-likeness (QED) is 0.520. The van der Waals surface area contributed by atoms with Crippen LogP contribution in [0.15, 0.2) is 60.8 Å². The first-order valence-electron chi connectivity index (χ1n) is 12.5. The van der Waals surface area contributed by atoms with Crippen LogP contribution in [0.4, 0.5) is 17.2 Å². The number of carbonyl (C=O) groups is 3. The molecule has 3 heterocycles. The SMILES string of the molecule is CC1C(=O)Nc2cc(Cl)ccc2C(=O)N1Cc1ccc(C(=O)Nc2ccc(N3CCN(C)CC3)cn2)cc1. The summed E-state index contributed by atoms with van der Waals surface area (Å²) in [6, 6.07) is 14.9. The number of anilines is 3. The summed E-state index contributed by atoms with van der Waals surface area (Å²) in [6.07, 6.45) is 1.78. The van der Waals surface area contributed by atoms with Gasteiger partial charge in [-0.05, 0) is 62.0 Å². The number of nitrogens with zero attached hydrogens (tertiary/aromatic N) is 4. The predicted molar refractivity (Wildman–Crippen MR) is 148 cm³/mol. The van der Waals surface area contributed by atoms with Gasteiger partial charge in [-0.1, -0.05) is 23.7 Å². The maximum atomic E-state index is 13.2. The molecule has 1 unspecified atom stereocenters. The molecular weight excluding hydrogens is 504 g/mol. The van der Waals surface area contributed by atoms with Crippen molar-refractivity contribution in [2.45, 2.75) is 19.5 Å². The molecular formula is C28H29ClN6O3. The van der Waals surface area contributed by atoms with E-state index in [0.29, 0.717) is 27.7 Å². The van der Waals surface area contributed by atoms with Crippen LogP contribution in [0.2, 0.25) is 5.02 Å². The number of fused-ring (bicyclic) bond motifs is 1. The number of amides is 3. The Hall–Kier alpha value is -3.95. The molecule has 196 valence electrons. The molecule has 5 rings (SSSR count). The Morgan fingerprint density at radius 2 is 1.79 bits per heavy atom. The van der Waals surface area contributed by atoms with Crippen LogP contribution in [0.3, 0.4) is 0 Å². The van der Waals surface area contributed by atoms with E-state index in [0.717, 1.165) is 37.4 Å². The third-order valence-corrected chi connectivity index (χ3v) is 7.24. The highest BCUT2D eigenvalue weighted by Crippen LogP contribution is 2.27. The summed E-state index contributed by atoms with van der Waals surface area (Å²) in [5, 5.41) is 6.05. The van der Waals surface area contributed by atoms with E-state index < -0.39 is 6.04 Å². The summed E-state index contributed by atoms with van der Waals surface area (Å²) < 4.78 is 0. The average Bonchev–Trinajstić information content (AvgIpc) is 3.00. The molecule has 2 N–H and O–H groups in total. The van der Waals surface area contributed by atoms with Gasteiger partial charge >= 0.3 is 0 Å². The number of pyridine rings is 1. The molecule has 3 amide bonds. The molecule has 0 aliphatic carbocycles. The summed E-state index contributed by atoms with van der Waals surface area (Å²) >= 11 is 6.05. The number of piperazine rings is 1. The van der Waals surface area contributed by atoms with Gasteiger partial charge in [0.15, 0.2) is 0 Å². The van der Waals surface area contributed by atoms with Crippen molar-refractivity contribution in [2.75, 3.05) is 48.8 Å². The van der Waals surface area contributed by atoms with Crippen molar-refractivity contribution in [3.05, 3.63) is 82.5 Å². The van der Waals surface area contributed by atoms with Crippen molar-refractivity contribution in [1.82, 2.24) is 14.8 Å². The summed E-state index contributed by atoms with van der Waals surface area (Å²) in [5.74, 6) is -0.358. The standard InChI is InChI=1S/C28H29ClN6O3/c1-18-26(36)31-24-15-21(29)7-9-23(24)28(38)35(18)17-19-3-5-20(6-4-19)27(37)32-25-10-8-22(16-30-25)34-13-11-33(2)12-14-34/h3-10,15-16,18H,11-14,17H2,1-2H3,(H,31,36)(H,30,32,37). The predicted octanol–water partition coefficient (Wildman–Crippen LogP) is 3.72. The topological polar surface area (TPSA) is 97.9 Å². The number of rotatable bonds is 5. The first kappa shape index (κ1) is 25.7. The molecule has 38 heavy (non-hydrogen) atoms. The fourth-order valence-electron chi connectivity index (χ4n) is 4.58. The van der Waals surface area contributed by atoms with E-state index in [1.807, 2.05) is 12.1 Å². The molecule has 0 saturated carbocycles. The number of nitrogens with one attached hydrogen (secondary N) is 2. The highest BCUT2D eigenvalue weighted by molar-refractivity contribution is 6.31. The molecule has 3 aromatic rings. The summed E-state index contributed by atoms with van der Waals surface area (Å²) in [7, 11) is 2.12. The monoisotopic (exact) mass is 532 g/mol. The van der Waals surface area contributed by atoms with Crippen molar-refractivity contribution in [3.8, 4) is 0 Å². The molecule has 0 spiro atoms. The Bertz CT molecular complexity index is 1350. The average molecular weight is 533 g/mol. The minimum Gasteiger partial charge on any atom is -0.368 e. The van der Waals surface area contributed by atoms with Crippen LogP contribution < -0.4 is 15.5 Å². The minimum absolute atomic E-state index is 0.215. The Morgan fingerprint density at radius 1 is 1.05 bits per heavy atom. The van der Waals surface area contributed by atoms with E-state index in [9.17, 15) is 14.4 Å². The normalized spacial score (nSPS) is 18.0. The second kappa shape index (κ2) is 10.8. The van der Waals surface area contributed by atoms with E-state index in [4.69, 9.17) is 11.6 Å². The van der Waals surface area contributed by atoms with Gasteiger partial charge in [0.25, 0.3) is 11.8 Å². The van der Waals surface area contributed by atoms with Gasteiger partial charge in [-0.3, -0.25) is 14.4 Å². The van der Waals surface area contributed by atoms with Crippen molar-refractivity contribution >= 4 is 46.5 Å². The highest BCUT2D eigenvalue weighted by atomic mass is 35.5.